The predicted octanol–water partition coefficient (Wildman–Crippen LogP) is -2.78. The van der Waals surface area contributed by atoms with Crippen LogP contribution in [0.15, 0.2) is 19.5 Å². The monoisotopic (exact) mass is 213 g/mol. The molecule has 1 rings (SSSR count). The van der Waals surface area contributed by atoms with Crippen molar-refractivity contribution in [3.05, 3.63) is 31.5 Å². The van der Waals surface area contributed by atoms with Gasteiger partial charge in [-0.3, -0.25) is 9.97 Å². The Bertz CT molecular complexity index is 545. The Hall–Kier alpha value is -2.83. The summed E-state index contributed by atoms with van der Waals surface area (Å²) in [6, 6.07) is 0. The van der Waals surface area contributed by atoms with Crippen LogP contribution in [0.4, 0.5) is 0 Å². The number of nitrogens with zero attached hydrogens (tertiary/aromatic N) is 2. The summed E-state index contributed by atoms with van der Waals surface area (Å²) >= 11 is 0. The molecule has 78 valence electrons. The van der Waals surface area contributed by atoms with Crippen molar-refractivity contribution in [3.8, 4) is 0 Å². The summed E-state index contributed by atoms with van der Waals surface area (Å²) in [7, 11) is 0. The molecule has 0 bridgehead atoms. The molecule has 0 aliphatic carbocycles. The molecule has 0 radical (unpaired) electrons. The van der Waals surface area contributed by atoms with E-state index in [2.05, 4.69) is 5.10 Å². The Morgan fingerprint density at radius 1 is 1.13 bits per heavy atom. The molecule has 0 atom stereocenters. The van der Waals surface area contributed by atoms with Gasteiger partial charge < -0.3 is 0 Å². The number of aromatic nitrogens is 3. The zero-order valence-corrected chi connectivity index (χ0v) is 6.94. The number of hydrogen-bond acceptors (Lipinski definition) is 7. The van der Waals surface area contributed by atoms with Crippen molar-refractivity contribution in [2.45, 2.75) is 0 Å². The van der Waals surface area contributed by atoms with Gasteiger partial charge in [-0.25, -0.2) is 29.4 Å². The Morgan fingerprint density at radius 3 is 1.87 bits per heavy atom. The lowest BCUT2D eigenvalue weighted by atomic mass is 11.0. The first-order chi connectivity index (χ1) is 7.06. The van der Waals surface area contributed by atoms with Crippen molar-refractivity contribution >= 4 is 12.2 Å². The highest BCUT2D eigenvalue weighted by molar-refractivity contribution is 5.32. The number of aromatic amines is 2. The van der Waals surface area contributed by atoms with E-state index in [1.54, 1.807) is 9.97 Å². The second-order valence-electron chi connectivity index (χ2n) is 1.79. The van der Waals surface area contributed by atoms with E-state index < -0.39 is 17.1 Å². The Kier molecular flexibility index (Phi) is 4.67. The summed E-state index contributed by atoms with van der Waals surface area (Å²) < 4.78 is 0.147. The largest absolute Gasteiger partial charge is 0.355 e. The zero-order chi connectivity index (χ0) is 11.8. The fourth-order valence-electron chi connectivity index (χ4n) is 0.555. The minimum absolute atomic E-state index is 0.147. The first-order valence-corrected chi connectivity index (χ1v) is 3.14. The van der Waals surface area contributed by atoms with E-state index in [4.69, 9.17) is 10.2 Å². The average Bonchev–Trinajstić information content (AvgIpc) is 2.12. The van der Waals surface area contributed by atoms with E-state index in [9.17, 15) is 19.2 Å². The SMILES string of the molecule is N=C=O.O=C=Nn1c(=O)[nH]c(=O)[nH]c1=O. The molecule has 0 spiro atoms. The molecule has 0 fully saturated rings. The number of carbonyl (C=O) groups excluding carboxylic acids is 2. The molecule has 0 aliphatic rings. The Labute approximate surface area is 79.4 Å². The molecule has 0 amide bonds. The van der Waals surface area contributed by atoms with Crippen molar-refractivity contribution in [3.63, 3.8) is 0 Å². The lowest BCUT2D eigenvalue weighted by molar-refractivity contribution is 0.555. The highest BCUT2D eigenvalue weighted by Gasteiger charge is 1.98. The molecule has 1 aromatic rings. The van der Waals surface area contributed by atoms with E-state index in [0.717, 1.165) is 12.2 Å². The van der Waals surface area contributed by atoms with Crippen molar-refractivity contribution in [2.24, 2.45) is 5.10 Å². The van der Waals surface area contributed by atoms with Crippen LogP contribution in [0.1, 0.15) is 0 Å². The van der Waals surface area contributed by atoms with E-state index in [0.29, 0.717) is 0 Å². The zero-order valence-electron chi connectivity index (χ0n) is 6.94. The van der Waals surface area contributed by atoms with Crippen LogP contribution < -0.4 is 17.1 Å². The van der Waals surface area contributed by atoms with Gasteiger partial charge in [0.15, 0.2) is 0 Å². The van der Waals surface area contributed by atoms with Crippen LogP contribution in [0.5, 0.6) is 0 Å². The van der Waals surface area contributed by atoms with Gasteiger partial charge >= 0.3 is 17.1 Å². The first-order valence-electron chi connectivity index (χ1n) is 3.14. The molecule has 10 nitrogen and oxygen atoms in total. The second-order valence-corrected chi connectivity index (χ2v) is 1.79. The van der Waals surface area contributed by atoms with Gasteiger partial charge in [0.2, 0.25) is 6.08 Å². The van der Waals surface area contributed by atoms with Crippen LogP contribution in [0.2, 0.25) is 0 Å². The summed E-state index contributed by atoms with van der Waals surface area (Å²) in [4.78, 5) is 53.1. The standard InChI is InChI=1S/C4H2N4O4.CHNO/c9-1-5-8-3(11)6-2(10)7-4(8)12;2-1-3/h(H2,6,7,10,11,12);2H. The minimum Gasteiger partial charge on any atom is -0.257 e. The maximum absolute atomic E-state index is 10.7. The number of hydrogen-bond donors (Lipinski definition) is 3. The van der Waals surface area contributed by atoms with Gasteiger partial charge in [0.05, 0.1) is 0 Å². The highest BCUT2D eigenvalue weighted by Crippen LogP contribution is 1.56. The lowest BCUT2D eigenvalue weighted by Crippen LogP contribution is -2.41. The van der Waals surface area contributed by atoms with Gasteiger partial charge in [-0.1, -0.05) is 5.10 Å². The minimum atomic E-state index is -1.09. The van der Waals surface area contributed by atoms with Gasteiger partial charge in [-0.05, 0) is 0 Å². The van der Waals surface area contributed by atoms with Crippen molar-refractivity contribution in [1.82, 2.24) is 14.6 Å². The molecule has 1 aromatic heterocycles. The molecule has 15 heavy (non-hydrogen) atoms. The van der Waals surface area contributed by atoms with Crippen LogP contribution >= 0.6 is 0 Å². The Balaban J connectivity index is 0.000000583. The maximum Gasteiger partial charge on any atom is 0.355 e. The first kappa shape index (κ1) is 12.2. The highest BCUT2D eigenvalue weighted by atomic mass is 16.2. The third-order valence-corrected chi connectivity index (χ3v) is 0.966. The average molecular weight is 213 g/mol. The Morgan fingerprint density at radius 2 is 1.53 bits per heavy atom. The maximum atomic E-state index is 10.7. The topological polar surface area (TPSA) is 158 Å². The van der Waals surface area contributed by atoms with Crippen LogP contribution in [0.3, 0.4) is 0 Å². The molecular weight excluding hydrogens is 210 g/mol. The number of rotatable bonds is 1. The summed E-state index contributed by atoms with van der Waals surface area (Å²) in [5.41, 5.74) is -3.14. The van der Waals surface area contributed by atoms with Crippen molar-refractivity contribution in [1.29, 1.82) is 5.41 Å². The fraction of sp³-hybridized carbons (Fsp3) is 0. The smallest absolute Gasteiger partial charge is 0.257 e. The van der Waals surface area contributed by atoms with Gasteiger partial charge in [0.25, 0.3) is 6.08 Å². The van der Waals surface area contributed by atoms with Gasteiger partial charge in [0, 0.05) is 0 Å². The quantitative estimate of drug-likeness (QED) is 0.339. The summed E-state index contributed by atoms with van der Waals surface area (Å²) in [6.07, 6.45) is 1.73. The number of isocyanates is 2. The molecular formula is C5H3N5O5. The second kappa shape index (κ2) is 5.75. The molecule has 0 saturated carbocycles. The summed E-state index contributed by atoms with van der Waals surface area (Å²) in [6.45, 7) is 0. The van der Waals surface area contributed by atoms with Crippen LogP contribution in [-0.4, -0.2) is 26.8 Å². The van der Waals surface area contributed by atoms with Gasteiger partial charge in [-0.15, -0.1) is 4.68 Å². The third-order valence-electron chi connectivity index (χ3n) is 0.966. The van der Waals surface area contributed by atoms with E-state index in [-0.39, 0.29) is 4.68 Å². The molecule has 10 heteroatoms. The summed E-state index contributed by atoms with van der Waals surface area (Å²) in [5.74, 6) is 0. The molecule has 0 saturated heterocycles. The number of nitrogens with one attached hydrogen (secondary N) is 3. The normalized spacial score (nSPS) is 7.73. The number of H-pyrrole nitrogens is 2. The molecule has 0 unspecified atom stereocenters. The van der Waals surface area contributed by atoms with Crippen LogP contribution in [0.25, 0.3) is 0 Å². The summed E-state index contributed by atoms with van der Waals surface area (Å²) in [5, 5.41) is 8.13. The predicted molar refractivity (Wildman–Crippen MR) is 43.9 cm³/mol. The van der Waals surface area contributed by atoms with Crippen LogP contribution in [0, 0.1) is 5.41 Å². The van der Waals surface area contributed by atoms with Crippen LogP contribution in [-0.2, 0) is 9.59 Å². The van der Waals surface area contributed by atoms with Crippen molar-refractivity contribution < 1.29 is 9.59 Å². The van der Waals surface area contributed by atoms with E-state index in [1.165, 1.54) is 0 Å². The van der Waals surface area contributed by atoms with Gasteiger partial charge in [0.1, 0.15) is 0 Å². The van der Waals surface area contributed by atoms with E-state index in [1.807, 2.05) is 0 Å². The van der Waals surface area contributed by atoms with Gasteiger partial charge in [-0.2, -0.15) is 0 Å². The third kappa shape index (κ3) is 3.59. The van der Waals surface area contributed by atoms with Crippen molar-refractivity contribution in [2.75, 3.05) is 0 Å². The molecule has 0 aliphatic heterocycles. The lowest BCUT2D eigenvalue weighted by Gasteiger charge is -1.88. The molecule has 1 heterocycles. The molecule has 0 aromatic carbocycles. The molecule has 3 N–H and O–H groups in total. The fourth-order valence-corrected chi connectivity index (χ4v) is 0.555. The van der Waals surface area contributed by atoms with E-state index >= 15 is 0 Å².